The Morgan fingerprint density at radius 1 is 0.879 bits per heavy atom. The van der Waals surface area contributed by atoms with Crippen molar-refractivity contribution in [3.05, 3.63) is 60.2 Å². The molecule has 3 aromatic carbocycles. The molecule has 3 heterocycles. The van der Waals surface area contributed by atoms with Crippen LogP contribution in [-0.4, -0.2) is 36.6 Å². The highest BCUT2D eigenvalue weighted by Crippen LogP contribution is 2.37. The lowest BCUT2D eigenvalue weighted by atomic mass is 9.78. The second-order valence-electron chi connectivity index (χ2n) is 10.7. The van der Waals surface area contributed by atoms with Crippen LogP contribution >= 0.6 is 0 Å². The molecule has 0 aliphatic carbocycles. The van der Waals surface area contributed by atoms with Gasteiger partial charge in [0.1, 0.15) is 0 Å². The standard InChI is InChI=1S/C28H31BN2O2/c1-27(2)28(3,4)33-29(32-27)23-11-9-19-14-18(7-8-21(19)16-23)20-10-12-24-22(15-20)17-26(31-24)25-6-5-13-30-25/h7-12,14-16,25,30H,5-6,13,17H2,1-4H3/t25-/m0/s1. The molecule has 168 valence electrons. The van der Waals surface area contributed by atoms with Gasteiger partial charge < -0.3 is 14.6 Å². The highest BCUT2D eigenvalue weighted by molar-refractivity contribution is 6.62. The molecule has 0 spiro atoms. The SMILES string of the molecule is CC1(C)OB(c2ccc3cc(-c4ccc5c(c4)CC([C@@H]4CCCN4)=N5)ccc3c2)OC1(C)C. The van der Waals surface area contributed by atoms with Crippen molar-refractivity contribution in [3.63, 3.8) is 0 Å². The van der Waals surface area contributed by atoms with Crippen LogP contribution in [0, 0.1) is 0 Å². The van der Waals surface area contributed by atoms with Crippen LogP contribution in [0.3, 0.4) is 0 Å². The quantitative estimate of drug-likeness (QED) is 0.573. The maximum atomic E-state index is 6.24. The van der Waals surface area contributed by atoms with Crippen molar-refractivity contribution in [2.45, 2.75) is 64.2 Å². The zero-order valence-corrected chi connectivity index (χ0v) is 19.9. The maximum Gasteiger partial charge on any atom is 0.494 e. The van der Waals surface area contributed by atoms with Gasteiger partial charge in [-0.05, 0) is 98.2 Å². The van der Waals surface area contributed by atoms with Gasteiger partial charge in [0.15, 0.2) is 0 Å². The molecule has 33 heavy (non-hydrogen) atoms. The van der Waals surface area contributed by atoms with Gasteiger partial charge in [-0.15, -0.1) is 0 Å². The van der Waals surface area contributed by atoms with E-state index in [9.17, 15) is 0 Å². The van der Waals surface area contributed by atoms with Gasteiger partial charge in [-0.2, -0.15) is 0 Å². The Balaban J connectivity index is 1.25. The van der Waals surface area contributed by atoms with Gasteiger partial charge in [-0.25, -0.2) is 0 Å². The molecule has 5 heteroatoms. The van der Waals surface area contributed by atoms with E-state index in [4.69, 9.17) is 14.3 Å². The number of rotatable bonds is 3. The normalized spacial score (nSPS) is 23.2. The highest BCUT2D eigenvalue weighted by Gasteiger charge is 2.51. The Labute approximate surface area is 196 Å². The lowest BCUT2D eigenvalue weighted by molar-refractivity contribution is 0.00578. The summed E-state index contributed by atoms with van der Waals surface area (Å²) < 4.78 is 12.5. The Morgan fingerprint density at radius 3 is 2.33 bits per heavy atom. The van der Waals surface area contributed by atoms with E-state index in [1.807, 2.05) is 0 Å². The summed E-state index contributed by atoms with van der Waals surface area (Å²) in [5, 5.41) is 6.01. The second-order valence-corrected chi connectivity index (χ2v) is 10.7. The van der Waals surface area contributed by atoms with E-state index in [1.54, 1.807) is 0 Å². The van der Waals surface area contributed by atoms with E-state index in [0.717, 1.165) is 24.1 Å². The summed E-state index contributed by atoms with van der Waals surface area (Å²) >= 11 is 0. The molecular formula is C28H31BN2O2. The summed E-state index contributed by atoms with van der Waals surface area (Å²) in [6, 6.07) is 20.4. The summed E-state index contributed by atoms with van der Waals surface area (Å²) in [5.41, 5.74) is 6.67. The Bertz CT molecular complexity index is 1260. The smallest absolute Gasteiger partial charge is 0.399 e. The first-order valence-electron chi connectivity index (χ1n) is 12.1. The molecule has 2 fully saturated rings. The molecule has 3 aliphatic rings. The minimum atomic E-state index is -0.334. The first kappa shape index (κ1) is 21.1. The van der Waals surface area contributed by atoms with E-state index in [2.05, 4.69) is 87.6 Å². The minimum absolute atomic E-state index is 0.332. The van der Waals surface area contributed by atoms with Crippen molar-refractivity contribution in [1.82, 2.24) is 5.32 Å². The molecule has 2 saturated heterocycles. The number of hydrogen-bond acceptors (Lipinski definition) is 4. The van der Waals surface area contributed by atoms with Gasteiger partial charge in [0.05, 0.1) is 16.9 Å². The van der Waals surface area contributed by atoms with Crippen LogP contribution in [0.1, 0.15) is 46.1 Å². The first-order valence-corrected chi connectivity index (χ1v) is 12.1. The van der Waals surface area contributed by atoms with E-state index >= 15 is 0 Å². The predicted octanol–water partition coefficient (Wildman–Crippen LogP) is 5.19. The van der Waals surface area contributed by atoms with Crippen LogP contribution in [0.5, 0.6) is 0 Å². The van der Waals surface area contributed by atoms with Crippen molar-refractivity contribution in [3.8, 4) is 11.1 Å². The second kappa shape index (κ2) is 7.52. The van der Waals surface area contributed by atoms with Crippen molar-refractivity contribution >= 4 is 34.8 Å². The molecule has 0 bridgehead atoms. The monoisotopic (exact) mass is 438 g/mol. The van der Waals surface area contributed by atoms with Gasteiger partial charge in [-0.1, -0.05) is 36.4 Å². The zero-order chi connectivity index (χ0) is 22.8. The number of nitrogens with zero attached hydrogens (tertiary/aromatic N) is 1. The van der Waals surface area contributed by atoms with Gasteiger partial charge in [0, 0.05) is 18.2 Å². The van der Waals surface area contributed by atoms with Crippen LogP contribution in [0.15, 0.2) is 59.6 Å². The molecule has 0 amide bonds. The highest BCUT2D eigenvalue weighted by atomic mass is 16.7. The summed E-state index contributed by atoms with van der Waals surface area (Å²) in [4.78, 5) is 4.92. The largest absolute Gasteiger partial charge is 0.494 e. The first-order chi connectivity index (χ1) is 15.8. The fourth-order valence-electron chi connectivity index (χ4n) is 5.14. The molecule has 6 rings (SSSR count). The third-order valence-electron chi connectivity index (χ3n) is 7.90. The molecule has 0 radical (unpaired) electrons. The number of nitrogens with one attached hydrogen (secondary N) is 1. The van der Waals surface area contributed by atoms with Crippen LogP contribution < -0.4 is 10.8 Å². The number of benzene rings is 3. The maximum absolute atomic E-state index is 6.24. The van der Waals surface area contributed by atoms with Crippen LogP contribution in [-0.2, 0) is 15.7 Å². The van der Waals surface area contributed by atoms with Crippen molar-refractivity contribution < 1.29 is 9.31 Å². The van der Waals surface area contributed by atoms with E-state index < -0.39 is 0 Å². The topological polar surface area (TPSA) is 42.8 Å². The molecule has 3 aliphatic heterocycles. The van der Waals surface area contributed by atoms with Crippen LogP contribution in [0.4, 0.5) is 5.69 Å². The molecule has 0 aromatic heterocycles. The number of aliphatic imine (C=N–C) groups is 1. The average molecular weight is 438 g/mol. The van der Waals surface area contributed by atoms with Crippen molar-refractivity contribution in [1.29, 1.82) is 0 Å². The molecule has 1 N–H and O–H groups in total. The molecular weight excluding hydrogens is 407 g/mol. The van der Waals surface area contributed by atoms with Crippen LogP contribution in [0.25, 0.3) is 21.9 Å². The summed E-state index contributed by atoms with van der Waals surface area (Å²) in [5.74, 6) is 0. The molecule has 1 atom stereocenters. The number of fused-ring (bicyclic) bond motifs is 2. The van der Waals surface area contributed by atoms with E-state index in [-0.39, 0.29) is 18.3 Å². The summed E-state index contributed by atoms with van der Waals surface area (Å²) in [6.45, 7) is 9.48. The van der Waals surface area contributed by atoms with E-state index in [0.29, 0.717) is 6.04 Å². The van der Waals surface area contributed by atoms with Crippen molar-refractivity contribution in [2.24, 2.45) is 4.99 Å². The van der Waals surface area contributed by atoms with E-state index in [1.165, 1.54) is 46.0 Å². The number of hydrogen-bond donors (Lipinski definition) is 1. The summed E-state index contributed by atoms with van der Waals surface area (Å²) in [7, 11) is -0.334. The van der Waals surface area contributed by atoms with Gasteiger partial charge >= 0.3 is 7.12 Å². The molecule has 3 aromatic rings. The fourth-order valence-corrected chi connectivity index (χ4v) is 5.14. The van der Waals surface area contributed by atoms with Gasteiger partial charge in [0.25, 0.3) is 0 Å². The Morgan fingerprint density at radius 2 is 1.58 bits per heavy atom. The minimum Gasteiger partial charge on any atom is -0.399 e. The average Bonchev–Trinajstić information content (AvgIpc) is 3.50. The predicted molar refractivity (Wildman–Crippen MR) is 137 cm³/mol. The zero-order valence-electron chi connectivity index (χ0n) is 19.9. The molecule has 0 unspecified atom stereocenters. The lowest BCUT2D eigenvalue weighted by Crippen LogP contribution is -2.41. The van der Waals surface area contributed by atoms with Gasteiger partial charge in [0.2, 0.25) is 0 Å². The third-order valence-corrected chi connectivity index (χ3v) is 7.90. The third kappa shape index (κ3) is 3.63. The van der Waals surface area contributed by atoms with Gasteiger partial charge in [-0.3, -0.25) is 4.99 Å². The Kier molecular flexibility index (Phi) is 4.81. The molecule has 0 saturated carbocycles. The lowest BCUT2D eigenvalue weighted by Gasteiger charge is -2.32. The molecule has 4 nitrogen and oxygen atoms in total. The van der Waals surface area contributed by atoms with Crippen molar-refractivity contribution in [2.75, 3.05) is 6.54 Å². The fraction of sp³-hybridized carbons (Fsp3) is 0.393. The Hall–Kier alpha value is -2.47. The van der Waals surface area contributed by atoms with Crippen LogP contribution in [0.2, 0.25) is 0 Å². The summed E-state index contributed by atoms with van der Waals surface area (Å²) in [6.07, 6.45) is 3.42.